The van der Waals surface area contributed by atoms with Gasteiger partial charge in [-0.25, -0.2) is 9.97 Å². The molecule has 5 rings (SSSR count). The summed E-state index contributed by atoms with van der Waals surface area (Å²) in [4.78, 5) is 39.8. The number of amides is 1. The standard InChI is InChI=1S/C24H24N4O4S/c1-14-19-21(29)26-13-27-23(19)33-20(14)24(30)28-9-3-4-16(12-28)22-25-11-18(32-22)10-15-5-7-17(31-2)8-6-15/h5-8,11,13,16H,3-4,9-10,12H2,1-2H3,(H,26,27,29)/t16-/m0/s1. The highest BCUT2D eigenvalue weighted by Crippen LogP contribution is 2.32. The van der Waals surface area contributed by atoms with Gasteiger partial charge in [0.25, 0.3) is 11.5 Å². The van der Waals surface area contributed by atoms with Crippen molar-refractivity contribution < 1.29 is 13.9 Å². The Kier molecular flexibility index (Phi) is 5.72. The first-order valence-corrected chi connectivity index (χ1v) is 11.7. The van der Waals surface area contributed by atoms with Gasteiger partial charge in [-0.2, -0.15) is 0 Å². The van der Waals surface area contributed by atoms with Crippen LogP contribution in [0.3, 0.4) is 0 Å². The molecule has 170 valence electrons. The largest absolute Gasteiger partial charge is 0.497 e. The number of carbonyl (C=O) groups is 1. The third kappa shape index (κ3) is 4.16. The zero-order valence-electron chi connectivity index (χ0n) is 18.5. The van der Waals surface area contributed by atoms with Gasteiger partial charge in [0.15, 0.2) is 5.89 Å². The van der Waals surface area contributed by atoms with Gasteiger partial charge in [-0.15, -0.1) is 11.3 Å². The highest BCUT2D eigenvalue weighted by atomic mass is 32.1. The number of hydrogen-bond acceptors (Lipinski definition) is 7. The molecule has 0 spiro atoms. The van der Waals surface area contributed by atoms with Crippen LogP contribution in [0.1, 0.15) is 51.2 Å². The third-order valence-electron chi connectivity index (χ3n) is 6.09. The summed E-state index contributed by atoms with van der Waals surface area (Å²) in [5.41, 5.74) is 1.59. The Balaban J connectivity index is 1.31. The second-order valence-electron chi connectivity index (χ2n) is 8.25. The minimum atomic E-state index is -0.214. The molecular formula is C24H24N4O4S. The van der Waals surface area contributed by atoms with Crippen LogP contribution in [0.4, 0.5) is 0 Å². The first-order chi connectivity index (χ1) is 16.0. The maximum Gasteiger partial charge on any atom is 0.264 e. The number of likely N-dealkylation sites (tertiary alicyclic amines) is 1. The molecule has 9 heteroatoms. The molecule has 8 nitrogen and oxygen atoms in total. The molecule has 4 aromatic rings. The van der Waals surface area contributed by atoms with Gasteiger partial charge >= 0.3 is 0 Å². The SMILES string of the molecule is COc1ccc(Cc2cnc([C@H]3CCCN(C(=O)c4sc5nc[nH]c(=O)c5c4C)C3)o2)cc1. The molecule has 3 aromatic heterocycles. The molecule has 1 aliphatic heterocycles. The van der Waals surface area contributed by atoms with E-state index < -0.39 is 0 Å². The Bertz CT molecular complexity index is 1360. The number of rotatable bonds is 5. The minimum Gasteiger partial charge on any atom is -0.497 e. The molecule has 1 aliphatic rings. The lowest BCUT2D eigenvalue weighted by atomic mass is 9.97. The number of piperidine rings is 1. The van der Waals surface area contributed by atoms with Crippen molar-refractivity contribution in [1.29, 1.82) is 0 Å². The van der Waals surface area contributed by atoms with Crippen molar-refractivity contribution in [1.82, 2.24) is 19.9 Å². The molecular weight excluding hydrogens is 440 g/mol. The number of aromatic nitrogens is 3. The van der Waals surface area contributed by atoms with E-state index in [1.54, 1.807) is 13.3 Å². The van der Waals surface area contributed by atoms with Gasteiger partial charge < -0.3 is 19.0 Å². The lowest BCUT2D eigenvalue weighted by Gasteiger charge is -2.31. The van der Waals surface area contributed by atoms with Crippen molar-refractivity contribution in [2.75, 3.05) is 20.2 Å². The normalized spacial score (nSPS) is 16.3. The molecule has 0 bridgehead atoms. The van der Waals surface area contributed by atoms with Crippen LogP contribution in [0, 0.1) is 6.92 Å². The Hall–Kier alpha value is -3.46. The number of aryl methyl sites for hydroxylation is 1. The fourth-order valence-electron chi connectivity index (χ4n) is 4.33. The predicted octanol–water partition coefficient (Wildman–Crippen LogP) is 3.90. The number of carbonyl (C=O) groups excluding carboxylic acids is 1. The number of benzene rings is 1. The molecule has 0 unspecified atom stereocenters. The number of nitrogens with zero attached hydrogens (tertiary/aromatic N) is 3. The zero-order chi connectivity index (χ0) is 22.9. The van der Waals surface area contributed by atoms with Crippen LogP contribution in [0.5, 0.6) is 5.75 Å². The van der Waals surface area contributed by atoms with Crippen molar-refractivity contribution in [3.8, 4) is 5.75 Å². The fourth-order valence-corrected chi connectivity index (χ4v) is 5.44. The van der Waals surface area contributed by atoms with E-state index in [1.165, 1.54) is 17.7 Å². The van der Waals surface area contributed by atoms with Crippen molar-refractivity contribution in [2.45, 2.75) is 32.1 Å². The van der Waals surface area contributed by atoms with E-state index in [9.17, 15) is 9.59 Å². The average molecular weight is 465 g/mol. The maximum atomic E-state index is 13.3. The summed E-state index contributed by atoms with van der Waals surface area (Å²) in [5, 5.41) is 0.496. The van der Waals surface area contributed by atoms with Crippen LogP contribution in [0.15, 0.2) is 46.0 Å². The topological polar surface area (TPSA) is 101 Å². The molecule has 1 fully saturated rings. The highest BCUT2D eigenvalue weighted by molar-refractivity contribution is 7.20. The zero-order valence-corrected chi connectivity index (χ0v) is 19.3. The second kappa shape index (κ2) is 8.82. The molecule has 1 N–H and O–H groups in total. The molecule has 0 radical (unpaired) electrons. The number of methoxy groups -OCH3 is 1. The lowest BCUT2D eigenvalue weighted by molar-refractivity contribution is 0.0702. The van der Waals surface area contributed by atoms with E-state index in [-0.39, 0.29) is 17.4 Å². The van der Waals surface area contributed by atoms with Gasteiger partial charge in [-0.3, -0.25) is 9.59 Å². The molecule has 0 aliphatic carbocycles. The van der Waals surface area contributed by atoms with Gasteiger partial charge in [0.2, 0.25) is 0 Å². The van der Waals surface area contributed by atoms with Crippen molar-refractivity contribution >= 4 is 27.5 Å². The number of hydrogen-bond donors (Lipinski definition) is 1. The molecule has 1 saturated heterocycles. The number of H-pyrrole nitrogens is 1. The van der Waals surface area contributed by atoms with Gasteiger partial charge in [-0.05, 0) is 43.0 Å². The fraction of sp³-hybridized carbons (Fsp3) is 0.333. The van der Waals surface area contributed by atoms with Crippen LogP contribution in [-0.2, 0) is 6.42 Å². The van der Waals surface area contributed by atoms with Crippen molar-refractivity contribution in [3.05, 3.63) is 74.8 Å². The summed E-state index contributed by atoms with van der Waals surface area (Å²) in [7, 11) is 1.65. The predicted molar refractivity (Wildman–Crippen MR) is 125 cm³/mol. The molecule has 33 heavy (non-hydrogen) atoms. The summed E-state index contributed by atoms with van der Waals surface area (Å²) < 4.78 is 11.3. The smallest absolute Gasteiger partial charge is 0.264 e. The summed E-state index contributed by atoms with van der Waals surface area (Å²) in [6.07, 6.45) is 5.58. The monoisotopic (exact) mass is 464 g/mol. The first-order valence-electron chi connectivity index (χ1n) is 10.9. The number of aromatic amines is 1. The van der Waals surface area contributed by atoms with E-state index in [2.05, 4.69) is 15.0 Å². The molecule has 1 atom stereocenters. The molecule has 1 aromatic carbocycles. The quantitative estimate of drug-likeness (QED) is 0.481. The van der Waals surface area contributed by atoms with E-state index in [0.29, 0.717) is 46.1 Å². The summed E-state index contributed by atoms with van der Waals surface area (Å²) in [6, 6.07) is 7.87. The van der Waals surface area contributed by atoms with Gasteiger partial charge in [0.05, 0.1) is 35.8 Å². The lowest BCUT2D eigenvalue weighted by Crippen LogP contribution is -2.39. The number of thiophene rings is 1. The number of fused-ring (bicyclic) bond motifs is 1. The number of nitrogens with one attached hydrogen (secondary N) is 1. The number of ether oxygens (including phenoxy) is 1. The summed E-state index contributed by atoms with van der Waals surface area (Å²) in [5.74, 6) is 2.26. The summed E-state index contributed by atoms with van der Waals surface area (Å²) >= 11 is 1.27. The average Bonchev–Trinajstić information content (AvgIpc) is 3.44. The van der Waals surface area contributed by atoms with Crippen LogP contribution < -0.4 is 10.3 Å². The Morgan fingerprint density at radius 2 is 2.12 bits per heavy atom. The van der Waals surface area contributed by atoms with Crippen LogP contribution in [0.2, 0.25) is 0 Å². The van der Waals surface area contributed by atoms with E-state index in [0.717, 1.165) is 29.9 Å². The van der Waals surface area contributed by atoms with Crippen LogP contribution in [-0.4, -0.2) is 46.0 Å². The van der Waals surface area contributed by atoms with Crippen LogP contribution in [0.25, 0.3) is 10.2 Å². The Labute approximate surface area is 194 Å². The Morgan fingerprint density at radius 3 is 2.88 bits per heavy atom. The molecule has 1 amide bonds. The minimum absolute atomic E-state index is 0.0449. The van der Waals surface area contributed by atoms with Gasteiger partial charge in [0.1, 0.15) is 16.3 Å². The van der Waals surface area contributed by atoms with Gasteiger partial charge in [-0.1, -0.05) is 12.1 Å². The summed E-state index contributed by atoms with van der Waals surface area (Å²) in [6.45, 7) is 3.02. The number of oxazole rings is 1. The van der Waals surface area contributed by atoms with Crippen molar-refractivity contribution in [2.24, 2.45) is 0 Å². The maximum absolute atomic E-state index is 13.3. The highest BCUT2D eigenvalue weighted by Gasteiger charge is 2.30. The Morgan fingerprint density at radius 1 is 1.30 bits per heavy atom. The van der Waals surface area contributed by atoms with Crippen LogP contribution >= 0.6 is 11.3 Å². The van der Waals surface area contributed by atoms with Gasteiger partial charge in [0, 0.05) is 19.5 Å². The van der Waals surface area contributed by atoms with E-state index >= 15 is 0 Å². The molecule has 0 saturated carbocycles. The first kappa shape index (κ1) is 21.4. The van der Waals surface area contributed by atoms with E-state index in [1.807, 2.05) is 36.1 Å². The second-order valence-corrected chi connectivity index (χ2v) is 9.25. The molecule has 4 heterocycles. The third-order valence-corrected chi connectivity index (χ3v) is 7.28. The van der Waals surface area contributed by atoms with Crippen molar-refractivity contribution in [3.63, 3.8) is 0 Å². The van der Waals surface area contributed by atoms with E-state index in [4.69, 9.17) is 9.15 Å².